The zero-order valence-electron chi connectivity index (χ0n) is 16.9. The van der Waals surface area contributed by atoms with Crippen LogP contribution in [0.2, 0.25) is 0 Å². The van der Waals surface area contributed by atoms with E-state index in [0.29, 0.717) is 24.7 Å². The van der Waals surface area contributed by atoms with Gasteiger partial charge in [0.25, 0.3) is 5.91 Å². The van der Waals surface area contributed by atoms with E-state index in [-0.39, 0.29) is 12.0 Å². The molecule has 0 aromatic carbocycles. The highest BCUT2D eigenvalue weighted by atomic mass is 16.5. The van der Waals surface area contributed by atoms with Crippen molar-refractivity contribution in [3.8, 4) is 17.1 Å². The summed E-state index contributed by atoms with van der Waals surface area (Å²) in [5, 5.41) is 4.35. The summed E-state index contributed by atoms with van der Waals surface area (Å²) >= 11 is 0. The van der Waals surface area contributed by atoms with Crippen LogP contribution in [0.5, 0.6) is 6.01 Å². The topological polar surface area (TPSA) is 86.0 Å². The van der Waals surface area contributed by atoms with Crippen LogP contribution in [-0.4, -0.2) is 54.7 Å². The highest BCUT2D eigenvalue weighted by Crippen LogP contribution is 2.22. The molecule has 8 heteroatoms. The summed E-state index contributed by atoms with van der Waals surface area (Å²) in [4.78, 5) is 27.5. The van der Waals surface area contributed by atoms with Crippen LogP contribution in [0, 0.1) is 13.8 Å². The lowest BCUT2D eigenvalue weighted by molar-refractivity contribution is 0.0577. The van der Waals surface area contributed by atoms with Crippen LogP contribution in [0.3, 0.4) is 0 Å². The molecule has 1 amide bonds. The van der Waals surface area contributed by atoms with Gasteiger partial charge in [-0.3, -0.25) is 14.5 Å². The van der Waals surface area contributed by atoms with Crippen LogP contribution >= 0.6 is 0 Å². The van der Waals surface area contributed by atoms with Crippen molar-refractivity contribution in [2.24, 2.45) is 7.05 Å². The quantitative estimate of drug-likeness (QED) is 0.678. The molecule has 0 saturated carbocycles. The van der Waals surface area contributed by atoms with Crippen molar-refractivity contribution >= 4 is 5.91 Å². The zero-order valence-corrected chi connectivity index (χ0v) is 16.9. The van der Waals surface area contributed by atoms with Gasteiger partial charge in [-0.25, -0.2) is 9.97 Å². The van der Waals surface area contributed by atoms with Crippen molar-refractivity contribution < 1.29 is 9.53 Å². The van der Waals surface area contributed by atoms with Gasteiger partial charge < -0.3 is 9.64 Å². The summed E-state index contributed by atoms with van der Waals surface area (Å²) in [6, 6.07) is 4.20. The van der Waals surface area contributed by atoms with Gasteiger partial charge in [0, 0.05) is 69.0 Å². The minimum Gasteiger partial charge on any atom is -0.460 e. The van der Waals surface area contributed by atoms with Gasteiger partial charge in [0.05, 0.1) is 11.3 Å². The first-order valence-electron chi connectivity index (χ1n) is 9.71. The number of carbonyl (C=O) groups excluding carboxylic acids is 1. The molecule has 8 nitrogen and oxygen atoms in total. The highest BCUT2D eigenvalue weighted by molar-refractivity contribution is 5.96. The Bertz CT molecular complexity index is 992. The summed E-state index contributed by atoms with van der Waals surface area (Å²) in [7, 11) is 1.86. The first-order valence-corrected chi connectivity index (χ1v) is 9.71. The van der Waals surface area contributed by atoms with Crippen molar-refractivity contribution in [3.05, 3.63) is 53.9 Å². The predicted octanol–water partition coefficient (Wildman–Crippen LogP) is 2.57. The van der Waals surface area contributed by atoms with Crippen LogP contribution in [0.1, 0.15) is 34.6 Å². The van der Waals surface area contributed by atoms with Crippen molar-refractivity contribution in [2.45, 2.75) is 32.8 Å². The number of piperidine rings is 1. The maximum atomic E-state index is 12.9. The normalized spacial score (nSPS) is 14.8. The number of nitrogens with zero attached hydrogens (tertiary/aromatic N) is 6. The molecule has 0 radical (unpaired) electrons. The highest BCUT2D eigenvalue weighted by Gasteiger charge is 2.28. The van der Waals surface area contributed by atoms with Crippen LogP contribution < -0.4 is 4.74 Å². The molecule has 4 heterocycles. The number of aryl methyl sites for hydroxylation is 2. The van der Waals surface area contributed by atoms with Crippen LogP contribution in [0.25, 0.3) is 11.1 Å². The van der Waals surface area contributed by atoms with Gasteiger partial charge in [-0.05, 0) is 31.5 Å². The minimum absolute atomic E-state index is 0.00178. The van der Waals surface area contributed by atoms with Gasteiger partial charge >= 0.3 is 6.01 Å². The number of likely N-dealkylation sites (tertiary alicyclic amines) is 1. The minimum atomic E-state index is 0.00178. The second-order valence-corrected chi connectivity index (χ2v) is 7.27. The lowest BCUT2D eigenvalue weighted by atomic mass is 10.1. The molecule has 3 aromatic heterocycles. The molecule has 1 saturated heterocycles. The number of hydrogen-bond donors (Lipinski definition) is 0. The summed E-state index contributed by atoms with van der Waals surface area (Å²) in [6.45, 7) is 5.10. The van der Waals surface area contributed by atoms with Gasteiger partial charge in [0.15, 0.2) is 0 Å². The summed E-state index contributed by atoms with van der Waals surface area (Å²) < 4.78 is 7.70. The third kappa shape index (κ3) is 3.96. The molecular weight excluding hydrogens is 368 g/mol. The molecule has 0 unspecified atom stereocenters. The third-order valence-corrected chi connectivity index (χ3v) is 5.37. The lowest BCUT2D eigenvalue weighted by Gasteiger charge is -2.31. The molecule has 0 spiro atoms. The average Bonchev–Trinajstić information content (AvgIpc) is 3.00. The second-order valence-electron chi connectivity index (χ2n) is 7.27. The van der Waals surface area contributed by atoms with E-state index in [4.69, 9.17) is 4.74 Å². The van der Waals surface area contributed by atoms with Crippen molar-refractivity contribution in [2.75, 3.05) is 13.1 Å². The molecule has 1 aliphatic heterocycles. The van der Waals surface area contributed by atoms with E-state index in [2.05, 4.69) is 20.1 Å². The summed E-state index contributed by atoms with van der Waals surface area (Å²) in [6.07, 6.45) is 8.49. The first-order chi connectivity index (χ1) is 14.0. The Labute approximate surface area is 169 Å². The van der Waals surface area contributed by atoms with Crippen molar-refractivity contribution in [3.63, 3.8) is 0 Å². The molecule has 0 aliphatic carbocycles. The van der Waals surface area contributed by atoms with E-state index < -0.39 is 0 Å². The number of aromatic nitrogens is 5. The Kier molecular flexibility index (Phi) is 5.24. The van der Waals surface area contributed by atoms with E-state index in [1.54, 1.807) is 29.5 Å². The zero-order chi connectivity index (χ0) is 20.4. The summed E-state index contributed by atoms with van der Waals surface area (Å²) in [5.41, 5.74) is 4.31. The van der Waals surface area contributed by atoms with Crippen LogP contribution in [0.15, 0.2) is 36.9 Å². The number of hydrogen-bond acceptors (Lipinski definition) is 6. The molecule has 0 atom stereocenters. The Hall–Kier alpha value is -3.29. The van der Waals surface area contributed by atoms with Gasteiger partial charge in [0.1, 0.15) is 6.10 Å². The average molecular weight is 392 g/mol. The monoisotopic (exact) mass is 392 g/mol. The standard InChI is InChI=1S/C21H24N6O2/c1-14-19(15(2)26(3)25-14)20(28)27-10-6-18(7-11-27)29-21-23-12-17(13-24-21)16-4-8-22-9-5-16/h4-5,8-9,12-13,18H,6-7,10-11H2,1-3H3. The molecule has 0 bridgehead atoms. The molecule has 4 rings (SSSR count). The summed E-state index contributed by atoms with van der Waals surface area (Å²) in [5.74, 6) is 0.0458. The fourth-order valence-electron chi connectivity index (χ4n) is 3.64. The Morgan fingerprint density at radius 1 is 1.07 bits per heavy atom. The third-order valence-electron chi connectivity index (χ3n) is 5.37. The van der Waals surface area contributed by atoms with E-state index in [1.807, 2.05) is 37.9 Å². The van der Waals surface area contributed by atoms with E-state index in [9.17, 15) is 4.79 Å². The maximum Gasteiger partial charge on any atom is 0.316 e. The Morgan fingerprint density at radius 2 is 1.72 bits per heavy atom. The SMILES string of the molecule is Cc1nn(C)c(C)c1C(=O)N1CCC(Oc2ncc(-c3ccncc3)cn2)CC1. The van der Waals surface area contributed by atoms with Gasteiger partial charge in [-0.2, -0.15) is 5.10 Å². The molecule has 1 aliphatic rings. The van der Waals surface area contributed by atoms with Gasteiger partial charge in [0.2, 0.25) is 0 Å². The second kappa shape index (κ2) is 7.98. The molecule has 150 valence electrons. The maximum absolute atomic E-state index is 12.9. The van der Waals surface area contributed by atoms with Crippen molar-refractivity contribution in [1.82, 2.24) is 29.6 Å². The predicted molar refractivity (Wildman–Crippen MR) is 107 cm³/mol. The van der Waals surface area contributed by atoms with E-state index in [0.717, 1.165) is 35.4 Å². The molecule has 0 N–H and O–H groups in total. The number of amides is 1. The number of pyridine rings is 1. The van der Waals surface area contributed by atoms with Crippen LogP contribution in [0.4, 0.5) is 0 Å². The van der Waals surface area contributed by atoms with E-state index in [1.165, 1.54) is 0 Å². The smallest absolute Gasteiger partial charge is 0.316 e. The number of ether oxygens (including phenoxy) is 1. The number of carbonyl (C=O) groups is 1. The van der Waals surface area contributed by atoms with E-state index >= 15 is 0 Å². The Morgan fingerprint density at radius 3 is 2.31 bits per heavy atom. The lowest BCUT2D eigenvalue weighted by Crippen LogP contribution is -2.42. The van der Waals surface area contributed by atoms with Gasteiger partial charge in [-0.15, -0.1) is 0 Å². The fourth-order valence-corrected chi connectivity index (χ4v) is 3.64. The molecular formula is C21H24N6O2. The van der Waals surface area contributed by atoms with Crippen LogP contribution in [-0.2, 0) is 7.05 Å². The molecule has 29 heavy (non-hydrogen) atoms. The number of rotatable bonds is 4. The van der Waals surface area contributed by atoms with Crippen molar-refractivity contribution in [1.29, 1.82) is 0 Å². The first kappa shape index (κ1) is 19.0. The fraction of sp³-hybridized carbons (Fsp3) is 0.381. The van der Waals surface area contributed by atoms with Gasteiger partial charge in [-0.1, -0.05) is 0 Å². The molecule has 1 fully saturated rings. The molecule has 3 aromatic rings. The Balaban J connectivity index is 1.35. The largest absolute Gasteiger partial charge is 0.460 e.